The molecule has 6 rings (SSSR count). The normalized spacial score (nSPS) is 28.3. The molecule has 3 fully saturated rings. The zero-order valence-corrected chi connectivity index (χ0v) is 31.5. The molecule has 0 radical (unpaired) electrons. The second-order valence-corrected chi connectivity index (χ2v) is 18.0. The van der Waals surface area contributed by atoms with Crippen LogP contribution in [0.3, 0.4) is 0 Å². The largest absolute Gasteiger partial charge is 0.444 e. The number of benzene rings is 1. The summed E-state index contributed by atoms with van der Waals surface area (Å²) in [6.45, 7) is 5.67. The molecule has 278 valence electrons. The first-order valence-electron chi connectivity index (χ1n) is 17.6. The molecule has 0 aromatic heterocycles. The van der Waals surface area contributed by atoms with Crippen LogP contribution in [0.4, 0.5) is 9.59 Å². The molecule has 2 saturated carbocycles. The zero-order valence-electron chi connectivity index (χ0n) is 29.1. The third-order valence-electron chi connectivity index (χ3n) is 9.99. The van der Waals surface area contributed by atoms with Gasteiger partial charge in [-0.3, -0.25) is 24.0 Å². The van der Waals surface area contributed by atoms with Gasteiger partial charge in [-0.1, -0.05) is 53.1 Å². The Morgan fingerprint density at radius 2 is 1.82 bits per heavy atom. The van der Waals surface area contributed by atoms with Gasteiger partial charge >= 0.3 is 12.2 Å². The van der Waals surface area contributed by atoms with Crippen LogP contribution < -0.4 is 15.4 Å². The number of nitrogens with zero attached hydrogens (tertiary/aromatic N) is 2. The van der Waals surface area contributed by atoms with Crippen molar-refractivity contribution in [1.29, 1.82) is 0 Å². The van der Waals surface area contributed by atoms with Gasteiger partial charge in [0.2, 0.25) is 21.8 Å². The van der Waals surface area contributed by atoms with Gasteiger partial charge < -0.3 is 25.0 Å². The van der Waals surface area contributed by atoms with E-state index in [4.69, 9.17) is 9.47 Å². The number of carbonyl (C=O) groups is 5. The predicted octanol–water partition coefficient (Wildman–Crippen LogP) is 3.77. The number of allylic oxidation sites excluding steroid dienone is 1. The van der Waals surface area contributed by atoms with E-state index in [9.17, 15) is 32.4 Å². The molecule has 5 amide bonds. The number of sulfonamides is 1. The Balaban J connectivity index is 1.25. The molecule has 1 saturated heterocycles. The van der Waals surface area contributed by atoms with Crippen LogP contribution in [0.2, 0.25) is 0 Å². The molecule has 1 aromatic rings. The summed E-state index contributed by atoms with van der Waals surface area (Å²) in [5, 5.41) is 4.87. The predicted molar refractivity (Wildman–Crippen MR) is 188 cm³/mol. The monoisotopic (exact) mass is 791 g/mol. The first kappa shape index (κ1) is 37.1. The van der Waals surface area contributed by atoms with Gasteiger partial charge in [-0.25, -0.2) is 18.0 Å². The van der Waals surface area contributed by atoms with Crippen LogP contribution in [0.5, 0.6) is 0 Å². The van der Waals surface area contributed by atoms with Gasteiger partial charge in [0.25, 0.3) is 5.91 Å². The number of hydrogen-bond donors (Lipinski definition) is 3. The summed E-state index contributed by atoms with van der Waals surface area (Å²) >= 11 is 3.53. The number of amides is 5. The van der Waals surface area contributed by atoms with E-state index in [2.05, 4.69) is 31.3 Å². The second-order valence-electron chi connectivity index (χ2n) is 15.2. The van der Waals surface area contributed by atoms with Crippen LogP contribution in [0, 0.1) is 5.92 Å². The van der Waals surface area contributed by atoms with Crippen molar-refractivity contribution in [2.24, 2.45) is 5.92 Å². The number of carbonyl (C=O) groups excluding carboxylic acids is 5. The molecule has 2 aliphatic carbocycles. The average Bonchev–Trinajstić information content (AvgIpc) is 3.93. The van der Waals surface area contributed by atoms with Crippen LogP contribution in [0.1, 0.15) is 89.7 Å². The highest BCUT2D eigenvalue weighted by Crippen LogP contribution is 2.46. The number of halogens is 1. The fourth-order valence-corrected chi connectivity index (χ4v) is 8.92. The Bertz CT molecular complexity index is 1730. The third-order valence-corrected chi connectivity index (χ3v) is 12.5. The number of fused-ring (bicyclic) bond motifs is 3. The van der Waals surface area contributed by atoms with Crippen molar-refractivity contribution in [2.45, 2.75) is 126 Å². The molecule has 5 aliphatic rings. The number of ether oxygens (including phenoxy) is 2. The van der Waals surface area contributed by atoms with Gasteiger partial charge in [-0.15, -0.1) is 0 Å². The minimum absolute atomic E-state index is 0.0640. The third kappa shape index (κ3) is 8.53. The lowest BCUT2D eigenvalue weighted by atomic mass is 10.0. The maximum Gasteiger partial charge on any atom is 0.410 e. The maximum absolute atomic E-state index is 14.3. The lowest BCUT2D eigenvalue weighted by molar-refractivity contribution is -0.141. The molecule has 1 aromatic carbocycles. The Morgan fingerprint density at radius 3 is 2.53 bits per heavy atom. The topological polar surface area (TPSA) is 181 Å². The molecule has 3 N–H and O–H groups in total. The van der Waals surface area contributed by atoms with Crippen molar-refractivity contribution in [3.8, 4) is 0 Å². The van der Waals surface area contributed by atoms with E-state index in [0.29, 0.717) is 38.8 Å². The van der Waals surface area contributed by atoms with Crippen molar-refractivity contribution in [1.82, 2.24) is 25.2 Å². The van der Waals surface area contributed by atoms with Crippen LogP contribution in [0.25, 0.3) is 0 Å². The van der Waals surface area contributed by atoms with Crippen LogP contribution in [0.15, 0.2) is 34.8 Å². The zero-order chi connectivity index (χ0) is 36.7. The summed E-state index contributed by atoms with van der Waals surface area (Å²) in [6.07, 6.45) is 5.65. The first-order chi connectivity index (χ1) is 24.1. The molecular formula is C35H46BrN5O9S. The minimum Gasteiger partial charge on any atom is -0.444 e. The molecule has 0 spiro atoms. The smallest absolute Gasteiger partial charge is 0.410 e. The molecule has 0 bridgehead atoms. The average molecular weight is 793 g/mol. The highest BCUT2D eigenvalue weighted by molar-refractivity contribution is 9.10. The number of alkyl carbamates (subject to hydrolysis) is 1. The number of rotatable bonds is 5. The second kappa shape index (κ2) is 14.4. The molecule has 51 heavy (non-hydrogen) atoms. The summed E-state index contributed by atoms with van der Waals surface area (Å²) in [4.78, 5) is 71.3. The first-order valence-corrected chi connectivity index (χ1v) is 20.0. The summed E-state index contributed by atoms with van der Waals surface area (Å²) in [5.41, 5.74) is -0.393. The number of hydrogen-bond acceptors (Lipinski definition) is 9. The summed E-state index contributed by atoms with van der Waals surface area (Å²) in [7, 11) is -3.90. The molecule has 3 heterocycles. The fraction of sp³-hybridized carbons (Fsp3) is 0.629. The van der Waals surface area contributed by atoms with Crippen LogP contribution in [-0.2, 0) is 47.0 Å². The molecule has 3 aliphatic heterocycles. The molecule has 16 heteroatoms. The van der Waals surface area contributed by atoms with E-state index in [-0.39, 0.29) is 25.8 Å². The Hall–Kier alpha value is -3.66. The van der Waals surface area contributed by atoms with Crippen LogP contribution in [-0.4, -0.2) is 89.2 Å². The highest BCUT2D eigenvalue weighted by atomic mass is 79.9. The van der Waals surface area contributed by atoms with Gasteiger partial charge in [-0.05, 0) is 76.5 Å². The lowest BCUT2D eigenvalue weighted by Gasteiger charge is -2.30. The molecule has 0 unspecified atom stereocenters. The van der Waals surface area contributed by atoms with Crippen molar-refractivity contribution in [2.75, 3.05) is 6.54 Å². The lowest BCUT2D eigenvalue weighted by Crippen LogP contribution is -2.58. The van der Waals surface area contributed by atoms with Gasteiger partial charge in [0.15, 0.2) is 0 Å². The Morgan fingerprint density at radius 1 is 1.06 bits per heavy atom. The van der Waals surface area contributed by atoms with E-state index < -0.39 is 80.4 Å². The van der Waals surface area contributed by atoms with Crippen molar-refractivity contribution >= 4 is 55.9 Å². The van der Waals surface area contributed by atoms with Gasteiger partial charge in [0, 0.05) is 23.4 Å². The Kier molecular flexibility index (Phi) is 10.5. The van der Waals surface area contributed by atoms with E-state index in [1.807, 2.05) is 30.4 Å². The van der Waals surface area contributed by atoms with Crippen molar-refractivity contribution in [3.63, 3.8) is 0 Å². The van der Waals surface area contributed by atoms with Crippen LogP contribution >= 0.6 is 15.9 Å². The maximum atomic E-state index is 14.3. The summed E-state index contributed by atoms with van der Waals surface area (Å²) in [6, 6.07) is 3.51. The number of nitrogens with one attached hydrogen (secondary N) is 3. The van der Waals surface area contributed by atoms with Crippen molar-refractivity contribution < 1.29 is 41.9 Å². The van der Waals surface area contributed by atoms with E-state index >= 15 is 0 Å². The molecular weight excluding hydrogens is 746 g/mol. The van der Waals surface area contributed by atoms with E-state index in [1.54, 1.807) is 25.7 Å². The highest BCUT2D eigenvalue weighted by Gasteiger charge is 2.62. The fourth-order valence-electron chi connectivity index (χ4n) is 7.02. The minimum atomic E-state index is -3.90. The van der Waals surface area contributed by atoms with Gasteiger partial charge in [0.1, 0.15) is 29.3 Å². The van der Waals surface area contributed by atoms with Crippen molar-refractivity contribution in [3.05, 3.63) is 46.0 Å². The van der Waals surface area contributed by atoms with E-state index in [1.165, 1.54) is 4.90 Å². The van der Waals surface area contributed by atoms with Gasteiger partial charge in [0.05, 0.1) is 18.3 Å². The quantitative estimate of drug-likeness (QED) is 0.375. The SMILES string of the molecule is CC(C)(C)OC(=O)N[C@@H]1CCCCCC=C[C@@H]2C[C@@]2(C(=O)NS(=O)(=O)C2CC2)NC(=O)[C@@H]2C[C@@H](OC(=O)N3Cc4cccc(Br)c4C3)CN2C1=O. The molecule has 5 atom stereocenters. The molecule has 14 nitrogen and oxygen atoms in total. The summed E-state index contributed by atoms with van der Waals surface area (Å²) in [5.74, 6) is -2.49. The van der Waals surface area contributed by atoms with Gasteiger partial charge in [-0.2, -0.15) is 0 Å². The van der Waals surface area contributed by atoms with E-state index in [0.717, 1.165) is 28.4 Å². The Labute approximate surface area is 306 Å². The summed E-state index contributed by atoms with van der Waals surface area (Å²) < 4.78 is 39.9. The standard InChI is InChI=1S/C35H46BrN5O9S/c1-34(2,3)50-32(45)37-27-13-8-6-4-5-7-11-22-17-35(22,31(44)39-51(47,48)24-14-15-24)38-29(42)28-16-23(19-41(28)30(27)43)49-33(46)40-18-21-10-9-12-26(36)25(21)20-40/h7,9-12,22-24,27-28H,4-6,8,13-20H2,1-3H3,(H,37,45)(H,38,42)(H,39,44)/t22-,23-,27-,28+,35-/m1/s1.